The molecule has 1 atom stereocenters. The van der Waals surface area contributed by atoms with E-state index in [2.05, 4.69) is 49.2 Å². The molecule has 0 aromatic carbocycles. The van der Waals surface area contributed by atoms with Gasteiger partial charge in [0.25, 0.3) is 0 Å². The number of aromatic nitrogens is 7. The fraction of sp³-hybridized carbons (Fsp3) is 0.429. The smallest absolute Gasteiger partial charge is 0.0999 e. The molecule has 0 spiro atoms. The Morgan fingerprint density at radius 1 is 0.964 bits per heavy atom. The van der Waals surface area contributed by atoms with Gasteiger partial charge < -0.3 is 0 Å². The molecule has 0 unspecified atom stereocenters. The van der Waals surface area contributed by atoms with Crippen molar-refractivity contribution in [2.45, 2.75) is 53.1 Å². The van der Waals surface area contributed by atoms with E-state index in [4.69, 9.17) is 4.98 Å². The maximum atomic E-state index is 4.95. The van der Waals surface area contributed by atoms with E-state index in [9.17, 15) is 0 Å². The molecule has 146 valence electrons. The van der Waals surface area contributed by atoms with Gasteiger partial charge in [0.1, 0.15) is 0 Å². The number of aryl methyl sites for hydroxylation is 1. The van der Waals surface area contributed by atoms with Crippen molar-refractivity contribution in [1.29, 1.82) is 0 Å². The van der Waals surface area contributed by atoms with Gasteiger partial charge in [-0.15, -0.1) is 0 Å². The van der Waals surface area contributed by atoms with Crippen LogP contribution in [-0.4, -0.2) is 34.2 Å². The molecule has 0 N–H and O–H groups in total. The Morgan fingerprint density at radius 3 is 2.57 bits per heavy atom. The van der Waals surface area contributed by atoms with E-state index in [1.165, 1.54) is 0 Å². The van der Waals surface area contributed by atoms with Gasteiger partial charge in [-0.05, 0) is 31.7 Å². The van der Waals surface area contributed by atoms with Crippen molar-refractivity contribution in [1.82, 2.24) is 34.2 Å². The largest absolute Gasteiger partial charge is 0.272 e. The first-order chi connectivity index (χ1) is 13.5. The summed E-state index contributed by atoms with van der Waals surface area (Å²) in [7, 11) is 0. The number of rotatable bonds is 7. The predicted octanol–water partition coefficient (Wildman–Crippen LogP) is 4.47. The number of fused-ring (bicyclic) bond motifs is 1. The fourth-order valence-corrected chi connectivity index (χ4v) is 3.62. The third-order valence-corrected chi connectivity index (χ3v) is 4.91. The minimum Gasteiger partial charge on any atom is -0.272 e. The molecule has 4 aromatic rings. The summed E-state index contributed by atoms with van der Waals surface area (Å²) >= 11 is 0. The molecular formula is C21H27N7. The molecule has 0 aliphatic carbocycles. The summed E-state index contributed by atoms with van der Waals surface area (Å²) in [4.78, 5) is 4.95. The average molecular weight is 377 g/mol. The van der Waals surface area contributed by atoms with Crippen molar-refractivity contribution in [3.63, 3.8) is 0 Å². The van der Waals surface area contributed by atoms with E-state index >= 15 is 0 Å². The van der Waals surface area contributed by atoms with Crippen LogP contribution in [0, 0.1) is 5.92 Å². The predicted molar refractivity (Wildman–Crippen MR) is 110 cm³/mol. The van der Waals surface area contributed by atoms with Crippen LogP contribution in [0.3, 0.4) is 0 Å². The summed E-state index contributed by atoms with van der Waals surface area (Å²) in [6, 6.07) is 2.34. The molecule has 4 heterocycles. The standard InChI is InChI=1S/C21H27N7/c1-5-8-26-12-17(10-23-26)19-14-28-20(6-7-22-28)21(25-19)18-11-24-27(13-18)16(4)9-15(2)3/h6-7,10-16H,5,8-9H2,1-4H3/t16-/m1/s1. The van der Waals surface area contributed by atoms with Crippen LogP contribution in [0.5, 0.6) is 0 Å². The second-order valence-electron chi connectivity index (χ2n) is 7.82. The fourth-order valence-electron chi connectivity index (χ4n) is 3.62. The summed E-state index contributed by atoms with van der Waals surface area (Å²) in [5.74, 6) is 0.630. The second-order valence-corrected chi connectivity index (χ2v) is 7.82. The summed E-state index contributed by atoms with van der Waals surface area (Å²) in [5.41, 5.74) is 4.72. The number of hydrogen-bond donors (Lipinski definition) is 0. The van der Waals surface area contributed by atoms with Crippen molar-refractivity contribution >= 4 is 5.52 Å². The minimum atomic E-state index is 0.352. The molecule has 7 heteroatoms. The monoisotopic (exact) mass is 377 g/mol. The first-order valence-corrected chi connectivity index (χ1v) is 9.97. The summed E-state index contributed by atoms with van der Waals surface area (Å²) in [6.45, 7) is 9.72. The molecule has 4 aromatic heterocycles. The average Bonchev–Trinajstić information content (AvgIpc) is 3.40. The summed E-state index contributed by atoms with van der Waals surface area (Å²) in [6.07, 6.45) is 13.8. The van der Waals surface area contributed by atoms with E-state index in [1.54, 1.807) is 6.20 Å². The SMILES string of the molecule is CCCn1cc(-c2cn3nccc3c(-c3cnn([C@H](C)CC(C)C)c3)n2)cn1. The van der Waals surface area contributed by atoms with Gasteiger partial charge in [0, 0.05) is 36.1 Å². The Kier molecular flexibility index (Phi) is 4.98. The molecule has 0 amide bonds. The van der Waals surface area contributed by atoms with Crippen LogP contribution in [0.15, 0.2) is 43.2 Å². The van der Waals surface area contributed by atoms with Gasteiger partial charge in [0.05, 0.1) is 41.7 Å². The zero-order valence-electron chi connectivity index (χ0n) is 16.9. The number of hydrogen-bond acceptors (Lipinski definition) is 4. The molecule has 7 nitrogen and oxygen atoms in total. The molecule has 0 radical (unpaired) electrons. The normalized spacial score (nSPS) is 12.9. The van der Waals surface area contributed by atoms with Crippen LogP contribution in [-0.2, 0) is 6.54 Å². The van der Waals surface area contributed by atoms with Crippen LogP contribution in [0.4, 0.5) is 0 Å². The van der Waals surface area contributed by atoms with E-state index < -0.39 is 0 Å². The van der Waals surface area contributed by atoms with Crippen LogP contribution >= 0.6 is 0 Å². The summed E-state index contributed by atoms with van der Waals surface area (Å²) in [5, 5.41) is 13.5. The molecule has 0 bridgehead atoms. The van der Waals surface area contributed by atoms with Crippen molar-refractivity contribution < 1.29 is 0 Å². The first-order valence-electron chi connectivity index (χ1n) is 9.97. The second kappa shape index (κ2) is 7.58. The van der Waals surface area contributed by atoms with Crippen molar-refractivity contribution in [2.75, 3.05) is 0 Å². The molecule has 0 saturated carbocycles. The zero-order valence-corrected chi connectivity index (χ0v) is 16.9. The lowest BCUT2D eigenvalue weighted by molar-refractivity contribution is 0.398. The Labute approximate surface area is 165 Å². The maximum absolute atomic E-state index is 4.95. The third kappa shape index (κ3) is 3.56. The highest BCUT2D eigenvalue weighted by Crippen LogP contribution is 2.27. The quantitative estimate of drug-likeness (QED) is 0.476. The van der Waals surface area contributed by atoms with Crippen molar-refractivity contribution in [3.8, 4) is 22.5 Å². The van der Waals surface area contributed by atoms with Gasteiger partial charge in [0.2, 0.25) is 0 Å². The highest BCUT2D eigenvalue weighted by atomic mass is 15.3. The summed E-state index contributed by atoms with van der Waals surface area (Å²) < 4.78 is 5.87. The van der Waals surface area contributed by atoms with Crippen molar-refractivity contribution in [2.24, 2.45) is 5.92 Å². The van der Waals surface area contributed by atoms with Gasteiger partial charge in [-0.2, -0.15) is 15.3 Å². The minimum absolute atomic E-state index is 0.352. The Morgan fingerprint density at radius 2 is 1.79 bits per heavy atom. The highest BCUT2D eigenvalue weighted by Gasteiger charge is 2.15. The lowest BCUT2D eigenvalue weighted by Crippen LogP contribution is -2.08. The van der Waals surface area contributed by atoms with Gasteiger partial charge in [-0.25, -0.2) is 9.50 Å². The van der Waals surface area contributed by atoms with Crippen LogP contribution in [0.2, 0.25) is 0 Å². The first kappa shape index (κ1) is 18.4. The third-order valence-electron chi connectivity index (χ3n) is 4.91. The molecular weight excluding hydrogens is 350 g/mol. The van der Waals surface area contributed by atoms with Gasteiger partial charge >= 0.3 is 0 Å². The van der Waals surface area contributed by atoms with E-state index in [1.807, 2.05) is 44.7 Å². The van der Waals surface area contributed by atoms with Crippen LogP contribution in [0.25, 0.3) is 28.0 Å². The Balaban J connectivity index is 1.74. The molecule has 0 fully saturated rings. The Hall–Kier alpha value is -2.96. The van der Waals surface area contributed by atoms with E-state index in [-0.39, 0.29) is 0 Å². The van der Waals surface area contributed by atoms with Gasteiger partial charge in [-0.1, -0.05) is 20.8 Å². The topological polar surface area (TPSA) is 65.8 Å². The maximum Gasteiger partial charge on any atom is 0.0999 e. The zero-order chi connectivity index (χ0) is 19.7. The van der Waals surface area contributed by atoms with Gasteiger partial charge in [0.15, 0.2) is 0 Å². The molecule has 0 aliphatic rings. The van der Waals surface area contributed by atoms with Crippen LogP contribution < -0.4 is 0 Å². The van der Waals surface area contributed by atoms with E-state index in [0.717, 1.165) is 47.4 Å². The number of nitrogens with zero attached hydrogens (tertiary/aromatic N) is 7. The molecule has 0 saturated heterocycles. The molecule has 4 rings (SSSR count). The lowest BCUT2D eigenvalue weighted by atomic mass is 10.1. The van der Waals surface area contributed by atoms with Crippen LogP contribution in [0.1, 0.15) is 46.6 Å². The highest BCUT2D eigenvalue weighted by molar-refractivity contribution is 5.78. The van der Waals surface area contributed by atoms with Gasteiger partial charge in [-0.3, -0.25) is 9.36 Å². The lowest BCUT2D eigenvalue weighted by Gasteiger charge is -2.14. The molecule has 0 aliphatic heterocycles. The van der Waals surface area contributed by atoms with E-state index in [0.29, 0.717) is 12.0 Å². The van der Waals surface area contributed by atoms with Crippen molar-refractivity contribution in [3.05, 3.63) is 43.2 Å². The Bertz CT molecular complexity index is 1070. The molecule has 28 heavy (non-hydrogen) atoms.